The molecule has 0 bridgehead atoms. The molecule has 16 heavy (non-hydrogen) atoms. The molecule has 0 heterocycles. The van der Waals surface area contributed by atoms with E-state index in [0.29, 0.717) is 0 Å². The zero-order valence-electron chi connectivity index (χ0n) is 9.89. The third-order valence-corrected chi connectivity index (χ3v) is 2.27. The van der Waals surface area contributed by atoms with Crippen molar-refractivity contribution < 1.29 is 23.0 Å². The first-order valence-electron chi connectivity index (χ1n) is 5.18. The van der Waals surface area contributed by atoms with E-state index in [0.717, 1.165) is 0 Å². The number of esters is 1. The lowest BCUT2D eigenvalue weighted by Gasteiger charge is -2.26. The summed E-state index contributed by atoms with van der Waals surface area (Å²) in [5.74, 6) is -0.404. The molecular formula is C10H19F2NO3. The van der Waals surface area contributed by atoms with Crippen molar-refractivity contribution in [1.29, 1.82) is 0 Å². The highest BCUT2D eigenvalue weighted by Crippen LogP contribution is 2.12. The molecule has 0 aliphatic carbocycles. The van der Waals surface area contributed by atoms with E-state index in [9.17, 15) is 13.6 Å². The average Bonchev–Trinajstić information content (AvgIpc) is 2.24. The average molecular weight is 239 g/mol. The van der Waals surface area contributed by atoms with Crippen molar-refractivity contribution in [2.24, 2.45) is 0 Å². The van der Waals surface area contributed by atoms with E-state index in [1.165, 1.54) is 0 Å². The highest BCUT2D eigenvalue weighted by Gasteiger charge is 2.32. The van der Waals surface area contributed by atoms with E-state index in [1.807, 2.05) is 0 Å². The van der Waals surface area contributed by atoms with Crippen molar-refractivity contribution >= 4 is 5.97 Å². The molecule has 4 nitrogen and oxygen atoms in total. The number of rotatable bonds is 8. The maximum Gasteiger partial charge on any atom is 0.326 e. The van der Waals surface area contributed by atoms with Gasteiger partial charge in [0.15, 0.2) is 0 Å². The molecule has 1 N–H and O–H groups in total. The van der Waals surface area contributed by atoms with Gasteiger partial charge in [0.05, 0.1) is 6.61 Å². The number of halogens is 2. The lowest BCUT2D eigenvalue weighted by Crippen LogP contribution is -2.49. The molecule has 1 atom stereocenters. The van der Waals surface area contributed by atoms with Crippen LogP contribution in [0.2, 0.25) is 0 Å². The van der Waals surface area contributed by atoms with Crippen molar-refractivity contribution in [1.82, 2.24) is 5.32 Å². The van der Waals surface area contributed by atoms with E-state index in [2.05, 4.69) is 5.32 Å². The smallest absolute Gasteiger partial charge is 0.326 e. The number of carbonyl (C=O) groups excluding carboxylic acids is 1. The topological polar surface area (TPSA) is 47.6 Å². The van der Waals surface area contributed by atoms with Crippen LogP contribution in [-0.2, 0) is 14.3 Å². The van der Waals surface area contributed by atoms with Crippen LogP contribution in [0.1, 0.15) is 20.3 Å². The molecule has 0 aliphatic heterocycles. The zero-order chi connectivity index (χ0) is 12.6. The molecule has 96 valence electrons. The predicted octanol–water partition coefficient (Wildman–Crippen LogP) is 1.20. The van der Waals surface area contributed by atoms with Crippen LogP contribution in [0.15, 0.2) is 0 Å². The Morgan fingerprint density at radius 1 is 1.50 bits per heavy atom. The van der Waals surface area contributed by atoms with Crippen LogP contribution < -0.4 is 5.32 Å². The van der Waals surface area contributed by atoms with Gasteiger partial charge in [-0.1, -0.05) is 0 Å². The standard InChI is InChI=1S/C10H19F2NO3/c1-4-16-9(14)10(2,13-3)5-6-15-7-8(11)12/h8,13H,4-7H2,1-3H3. The fraction of sp³-hybridized carbons (Fsp3) is 0.900. The molecule has 0 amide bonds. The van der Waals surface area contributed by atoms with E-state index in [1.54, 1.807) is 20.9 Å². The van der Waals surface area contributed by atoms with Gasteiger partial charge in [-0.25, -0.2) is 8.78 Å². The molecule has 1 unspecified atom stereocenters. The number of alkyl halides is 2. The Morgan fingerprint density at radius 3 is 2.56 bits per heavy atom. The summed E-state index contributed by atoms with van der Waals surface area (Å²) in [5.41, 5.74) is -0.891. The maximum absolute atomic E-state index is 11.8. The molecule has 0 aliphatic rings. The van der Waals surface area contributed by atoms with Gasteiger partial charge in [0, 0.05) is 6.61 Å². The summed E-state index contributed by atoms with van der Waals surface area (Å²) in [4.78, 5) is 11.5. The number of ether oxygens (including phenoxy) is 2. The summed E-state index contributed by atoms with van der Waals surface area (Å²) in [7, 11) is 1.62. The molecular weight excluding hydrogens is 220 g/mol. The molecule has 0 rings (SSSR count). The minimum atomic E-state index is -2.48. The Bertz CT molecular complexity index is 214. The molecule has 0 radical (unpaired) electrons. The van der Waals surface area contributed by atoms with Gasteiger partial charge >= 0.3 is 5.97 Å². The first-order valence-corrected chi connectivity index (χ1v) is 5.18. The van der Waals surface area contributed by atoms with Crippen molar-refractivity contribution in [3.63, 3.8) is 0 Å². The summed E-state index contributed by atoms with van der Waals surface area (Å²) >= 11 is 0. The first kappa shape index (κ1) is 15.2. The van der Waals surface area contributed by atoms with Crippen LogP contribution in [-0.4, -0.2) is 44.8 Å². The fourth-order valence-corrected chi connectivity index (χ4v) is 1.07. The minimum absolute atomic E-state index is 0.0838. The number of carbonyl (C=O) groups is 1. The van der Waals surface area contributed by atoms with Crippen LogP contribution in [0.5, 0.6) is 0 Å². The molecule has 0 aromatic carbocycles. The third-order valence-electron chi connectivity index (χ3n) is 2.27. The second-order valence-corrected chi connectivity index (χ2v) is 3.52. The van der Waals surface area contributed by atoms with Crippen molar-refractivity contribution in [3.05, 3.63) is 0 Å². The van der Waals surface area contributed by atoms with Gasteiger partial charge in [0.25, 0.3) is 6.43 Å². The number of hydrogen-bond acceptors (Lipinski definition) is 4. The van der Waals surface area contributed by atoms with Gasteiger partial charge in [-0.15, -0.1) is 0 Å². The van der Waals surface area contributed by atoms with Gasteiger partial charge in [0.2, 0.25) is 0 Å². The Kier molecular flexibility index (Phi) is 7.16. The van der Waals surface area contributed by atoms with Gasteiger partial charge in [-0.05, 0) is 27.3 Å². The molecule has 0 fully saturated rings. The highest BCUT2D eigenvalue weighted by molar-refractivity contribution is 5.80. The zero-order valence-corrected chi connectivity index (χ0v) is 9.89. The quantitative estimate of drug-likeness (QED) is 0.510. The van der Waals surface area contributed by atoms with Gasteiger partial charge in [-0.3, -0.25) is 4.79 Å². The van der Waals surface area contributed by atoms with E-state index in [-0.39, 0.29) is 19.6 Å². The summed E-state index contributed by atoms with van der Waals surface area (Å²) in [6.07, 6.45) is -2.20. The normalized spacial score (nSPS) is 14.9. The van der Waals surface area contributed by atoms with Crippen LogP contribution in [0, 0.1) is 0 Å². The molecule has 0 saturated heterocycles. The van der Waals surface area contributed by atoms with Gasteiger partial charge < -0.3 is 14.8 Å². The number of likely N-dealkylation sites (N-methyl/N-ethyl adjacent to an activating group) is 1. The van der Waals surface area contributed by atoms with Gasteiger partial charge in [-0.2, -0.15) is 0 Å². The van der Waals surface area contributed by atoms with E-state index in [4.69, 9.17) is 9.47 Å². The summed E-state index contributed by atoms with van der Waals surface area (Å²) in [6.45, 7) is 3.12. The van der Waals surface area contributed by atoms with E-state index >= 15 is 0 Å². The third kappa shape index (κ3) is 5.37. The maximum atomic E-state index is 11.8. The summed E-state index contributed by atoms with van der Waals surface area (Å²) < 4.78 is 33.2. The van der Waals surface area contributed by atoms with Crippen molar-refractivity contribution in [2.45, 2.75) is 32.2 Å². The molecule has 6 heteroatoms. The van der Waals surface area contributed by atoms with Crippen molar-refractivity contribution in [3.8, 4) is 0 Å². The van der Waals surface area contributed by atoms with Crippen LogP contribution in [0.3, 0.4) is 0 Å². The van der Waals surface area contributed by atoms with Crippen molar-refractivity contribution in [2.75, 3.05) is 26.9 Å². The Balaban J connectivity index is 4.01. The van der Waals surface area contributed by atoms with Gasteiger partial charge in [0.1, 0.15) is 12.1 Å². The Hall–Kier alpha value is -0.750. The second-order valence-electron chi connectivity index (χ2n) is 3.52. The molecule has 0 aromatic rings. The second kappa shape index (κ2) is 7.51. The van der Waals surface area contributed by atoms with Crippen LogP contribution in [0.25, 0.3) is 0 Å². The fourth-order valence-electron chi connectivity index (χ4n) is 1.07. The summed E-state index contributed by atoms with van der Waals surface area (Å²) in [5, 5.41) is 2.81. The molecule has 0 aromatic heterocycles. The number of nitrogens with one attached hydrogen (secondary N) is 1. The monoisotopic (exact) mass is 239 g/mol. The largest absolute Gasteiger partial charge is 0.465 e. The predicted molar refractivity (Wildman–Crippen MR) is 55.5 cm³/mol. The molecule has 0 spiro atoms. The van der Waals surface area contributed by atoms with Crippen LogP contribution in [0.4, 0.5) is 8.78 Å². The minimum Gasteiger partial charge on any atom is -0.465 e. The lowest BCUT2D eigenvalue weighted by molar-refractivity contribution is -0.151. The van der Waals surface area contributed by atoms with Crippen LogP contribution >= 0.6 is 0 Å². The first-order chi connectivity index (χ1) is 7.46. The molecule has 0 saturated carbocycles. The summed E-state index contributed by atoms with van der Waals surface area (Å²) in [6, 6.07) is 0. The number of hydrogen-bond donors (Lipinski definition) is 1. The lowest BCUT2D eigenvalue weighted by atomic mass is 9.99. The Morgan fingerprint density at radius 2 is 2.12 bits per heavy atom. The highest BCUT2D eigenvalue weighted by atomic mass is 19.3. The van der Waals surface area contributed by atoms with E-state index < -0.39 is 24.5 Å². The SMILES string of the molecule is CCOC(=O)C(C)(CCOCC(F)F)NC. The Labute approximate surface area is 94.3 Å².